The fourth-order valence-corrected chi connectivity index (χ4v) is 3.20. The third-order valence-corrected chi connectivity index (χ3v) is 4.61. The Labute approximate surface area is 152 Å². The van der Waals surface area contributed by atoms with Crippen LogP contribution in [0, 0.1) is 0 Å². The fourth-order valence-electron chi connectivity index (χ4n) is 3.20. The maximum absolute atomic E-state index is 12.6. The van der Waals surface area contributed by atoms with Crippen LogP contribution >= 0.6 is 0 Å². The first-order valence-corrected chi connectivity index (χ1v) is 8.93. The Balaban J connectivity index is 1.42. The van der Waals surface area contributed by atoms with Crippen molar-refractivity contribution in [2.75, 3.05) is 18.5 Å². The molecule has 1 N–H and O–H groups in total. The van der Waals surface area contributed by atoms with Crippen molar-refractivity contribution in [3.63, 3.8) is 0 Å². The summed E-state index contributed by atoms with van der Waals surface area (Å²) in [5, 5.41) is 5.13. The summed E-state index contributed by atoms with van der Waals surface area (Å²) in [6.07, 6.45) is 2.33. The monoisotopic (exact) mass is 347 g/mol. The lowest BCUT2D eigenvalue weighted by atomic mass is 10.1. The van der Waals surface area contributed by atoms with Gasteiger partial charge in [0.2, 0.25) is 0 Å². The third kappa shape index (κ3) is 3.70. The number of carbonyl (C=O) groups is 1. The summed E-state index contributed by atoms with van der Waals surface area (Å²) in [6.45, 7) is 1.38. The van der Waals surface area contributed by atoms with Crippen molar-refractivity contribution in [2.45, 2.75) is 18.9 Å². The van der Waals surface area contributed by atoms with Gasteiger partial charge < -0.3 is 14.8 Å². The highest BCUT2D eigenvalue weighted by atomic mass is 16.5. The predicted molar refractivity (Wildman–Crippen MR) is 103 cm³/mol. The molecule has 0 aromatic heterocycles. The van der Waals surface area contributed by atoms with E-state index in [1.54, 1.807) is 12.1 Å². The third-order valence-electron chi connectivity index (χ3n) is 4.61. The summed E-state index contributed by atoms with van der Waals surface area (Å²) in [7, 11) is 0. The molecule has 1 aliphatic heterocycles. The molecule has 1 unspecified atom stereocenters. The molecule has 3 aromatic carbocycles. The van der Waals surface area contributed by atoms with Crippen LogP contribution in [0.3, 0.4) is 0 Å². The van der Waals surface area contributed by atoms with E-state index in [9.17, 15) is 4.79 Å². The number of rotatable bonds is 5. The number of hydrogen-bond donors (Lipinski definition) is 1. The van der Waals surface area contributed by atoms with Gasteiger partial charge in [-0.25, -0.2) is 0 Å². The lowest BCUT2D eigenvalue weighted by Crippen LogP contribution is -2.16. The van der Waals surface area contributed by atoms with E-state index in [0.29, 0.717) is 12.2 Å². The van der Waals surface area contributed by atoms with Gasteiger partial charge in [-0.1, -0.05) is 36.4 Å². The normalized spacial score (nSPS) is 16.5. The van der Waals surface area contributed by atoms with E-state index < -0.39 is 0 Å². The molecule has 1 atom stereocenters. The molecule has 0 bridgehead atoms. The number of ether oxygens (including phenoxy) is 2. The smallest absolute Gasteiger partial charge is 0.255 e. The first kappa shape index (κ1) is 16.6. The number of amides is 1. The molecule has 0 radical (unpaired) electrons. The van der Waals surface area contributed by atoms with Crippen LogP contribution in [0.5, 0.6) is 5.75 Å². The Kier molecular flexibility index (Phi) is 4.84. The molecule has 1 fully saturated rings. The second kappa shape index (κ2) is 7.58. The largest absolute Gasteiger partial charge is 0.491 e. The van der Waals surface area contributed by atoms with Crippen molar-refractivity contribution in [3.8, 4) is 5.75 Å². The predicted octanol–water partition coefficient (Wildman–Crippen LogP) is 4.65. The molecule has 4 rings (SSSR count). The van der Waals surface area contributed by atoms with Gasteiger partial charge in [0, 0.05) is 23.2 Å². The van der Waals surface area contributed by atoms with Crippen LogP contribution in [0.1, 0.15) is 23.2 Å². The molecular formula is C22H21NO3. The highest BCUT2D eigenvalue weighted by Gasteiger charge is 2.16. The number of fused-ring (bicyclic) bond motifs is 1. The van der Waals surface area contributed by atoms with E-state index in [1.807, 2.05) is 54.6 Å². The van der Waals surface area contributed by atoms with Crippen LogP contribution in [0.2, 0.25) is 0 Å². The molecule has 1 amide bonds. The van der Waals surface area contributed by atoms with Gasteiger partial charge in [-0.2, -0.15) is 0 Å². The van der Waals surface area contributed by atoms with Crippen LogP contribution in [-0.4, -0.2) is 25.2 Å². The van der Waals surface area contributed by atoms with Crippen molar-refractivity contribution in [1.29, 1.82) is 0 Å². The molecule has 4 heteroatoms. The number of hydrogen-bond acceptors (Lipinski definition) is 3. The Morgan fingerprint density at radius 3 is 2.65 bits per heavy atom. The quantitative estimate of drug-likeness (QED) is 0.731. The summed E-state index contributed by atoms with van der Waals surface area (Å²) in [5.74, 6) is 0.620. The first-order chi connectivity index (χ1) is 12.8. The zero-order valence-electron chi connectivity index (χ0n) is 14.5. The molecule has 1 saturated heterocycles. The Hall–Kier alpha value is -2.85. The van der Waals surface area contributed by atoms with E-state index in [-0.39, 0.29) is 12.0 Å². The minimum Gasteiger partial charge on any atom is -0.491 e. The standard InChI is InChI=1S/C22H21NO3/c24-22(23-21-9-3-6-16-5-1-2-8-20(16)21)17-10-12-18(13-11-17)26-15-19-7-4-14-25-19/h1-3,5-6,8-13,19H,4,7,14-15H2,(H,23,24). The molecule has 1 aliphatic rings. The van der Waals surface area contributed by atoms with Crippen LogP contribution in [0.15, 0.2) is 66.7 Å². The van der Waals surface area contributed by atoms with Crippen LogP contribution in [0.25, 0.3) is 10.8 Å². The van der Waals surface area contributed by atoms with Gasteiger partial charge in [-0.3, -0.25) is 4.79 Å². The number of nitrogens with one attached hydrogen (secondary N) is 1. The van der Waals surface area contributed by atoms with Crippen LogP contribution in [0.4, 0.5) is 5.69 Å². The Bertz CT molecular complexity index is 893. The molecule has 4 nitrogen and oxygen atoms in total. The highest BCUT2D eigenvalue weighted by Crippen LogP contribution is 2.24. The topological polar surface area (TPSA) is 47.6 Å². The van der Waals surface area contributed by atoms with Crippen molar-refractivity contribution in [1.82, 2.24) is 0 Å². The fraction of sp³-hybridized carbons (Fsp3) is 0.227. The van der Waals surface area contributed by atoms with Gasteiger partial charge in [-0.05, 0) is 48.6 Å². The average Bonchev–Trinajstić information content (AvgIpc) is 3.21. The maximum atomic E-state index is 12.6. The Morgan fingerprint density at radius 1 is 1.04 bits per heavy atom. The number of carbonyl (C=O) groups excluding carboxylic acids is 1. The van der Waals surface area contributed by atoms with Crippen LogP contribution in [-0.2, 0) is 4.74 Å². The summed E-state index contributed by atoms with van der Waals surface area (Å²) in [4.78, 5) is 12.6. The maximum Gasteiger partial charge on any atom is 0.255 e. The average molecular weight is 347 g/mol. The van der Waals surface area contributed by atoms with Gasteiger partial charge in [0.25, 0.3) is 5.91 Å². The van der Waals surface area contributed by atoms with Gasteiger partial charge in [0.15, 0.2) is 0 Å². The van der Waals surface area contributed by atoms with Gasteiger partial charge >= 0.3 is 0 Å². The molecule has 26 heavy (non-hydrogen) atoms. The minimum atomic E-state index is -0.132. The van der Waals surface area contributed by atoms with Crippen LogP contribution < -0.4 is 10.1 Å². The lowest BCUT2D eigenvalue weighted by molar-refractivity contribution is 0.0679. The molecule has 0 aliphatic carbocycles. The molecule has 132 valence electrons. The zero-order chi connectivity index (χ0) is 17.8. The number of anilines is 1. The molecule has 3 aromatic rings. The van der Waals surface area contributed by atoms with Crippen molar-refractivity contribution in [2.24, 2.45) is 0 Å². The minimum absolute atomic E-state index is 0.132. The van der Waals surface area contributed by atoms with E-state index in [2.05, 4.69) is 5.32 Å². The molecule has 0 saturated carbocycles. The molecular weight excluding hydrogens is 326 g/mol. The van der Waals surface area contributed by atoms with E-state index in [1.165, 1.54) is 0 Å². The zero-order valence-corrected chi connectivity index (χ0v) is 14.5. The second-order valence-corrected chi connectivity index (χ2v) is 6.45. The van der Waals surface area contributed by atoms with Crippen molar-refractivity contribution < 1.29 is 14.3 Å². The lowest BCUT2D eigenvalue weighted by Gasteiger charge is -2.12. The molecule has 1 heterocycles. The summed E-state index contributed by atoms with van der Waals surface area (Å²) < 4.78 is 11.3. The van der Waals surface area contributed by atoms with Crippen molar-refractivity contribution in [3.05, 3.63) is 72.3 Å². The van der Waals surface area contributed by atoms with E-state index in [4.69, 9.17) is 9.47 Å². The van der Waals surface area contributed by atoms with Gasteiger partial charge in [-0.15, -0.1) is 0 Å². The molecule has 0 spiro atoms. The van der Waals surface area contributed by atoms with E-state index >= 15 is 0 Å². The van der Waals surface area contributed by atoms with Crippen molar-refractivity contribution >= 4 is 22.4 Å². The SMILES string of the molecule is O=C(Nc1cccc2ccccc12)c1ccc(OCC2CCCO2)cc1. The summed E-state index contributed by atoms with van der Waals surface area (Å²) >= 11 is 0. The first-order valence-electron chi connectivity index (χ1n) is 8.93. The summed E-state index contributed by atoms with van der Waals surface area (Å²) in [6, 6.07) is 21.1. The van der Waals surface area contributed by atoms with Gasteiger partial charge in [0.05, 0.1) is 6.10 Å². The summed E-state index contributed by atoms with van der Waals surface area (Å²) in [5.41, 5.74) is 1.41. The highest BCUT2D eigenvalue weighted by molar-refractivity contribution is 6.09. The number of benzene rings is 3. The van der Waals surface area contributed by atoms with E-state index in [0.717, 1.165) is 41.7 Å². The van der Waals surface area contributed by atoms with Gasteiger partial charge in [0.1, 0.15) is 12.4 Å². The second-order valence-electron chi connectivity index (χ2n) is 6.45. The Morgan fingerprint density at radius 2 is 1.85 bits per heavy atom.